The van der Waals surface area contributed by atoms with E-state index in [1.807, 2.05) is 0 Å². The third kappa shape index (κ3) is 6.54. The van der Waals surface area contributed by atoms with E-state index in [1.54, 1.807) is 32.0 Å². The molecule has 5 atom stereocenters. The Kier molecular flexibility index (Phi) is 9.04. The lowest BCUT2D eigenvalue weighted by Crippen LogP contribution is -2.51. The van der Waals surface area contributed by atoms with Gasteiger partial charge in [-0.2, -0.15) is 10.1 Å². The number of aliphatic hydroxyl groups is 2. The summed E-state index contributed by atoms with van der Waals surface area (Å²) in [5, 5.41) is 27.9. The lowest BCUT2D eigenvalue weighted by molar-refractivity contribution is -0.155. The van der Waals surface area contributed by atoms with Crippen LogP contribution in [0.2, 0.25) is 0 Å². The maximum absolute atomic E-state index is 14.3. The molecule has 0 radical (unpaired) electrons. The van der Waals surface area contributed by atoms with E-state index in [1.165, 1.54) is 24.4 Å². The van der Waals surface area contributed by atoms with Crippen LogP contribution in [0.4, 0.5) is 5.82 Å². The summed E-state index contributed by atoms with van der Waals surface area (Å²) in [4.78, 5) is 31.8. The summed E-state index contributed by atoms with van der Waals surface area (Å²) in [6, 6.07) is 9.24. The molecule has 41 heavy (non-hydrogen) atoms. The van der Waals surface area contributed by atoms with Crippen LogP contribution >= 0.6 is 7.75 Å². The van der Waals surface area contributed by atoms with Gasteiger partial charge in [-0.05, 0) is 50.4 Å². The van der Waals surface area contributed by atoms with Crippen molar-refractivity contribution in [3.05, 3.63) is 63.5 Å². The SMILES string of the molecule is CC(C)OC(=O)C1(NP(=O)(OC[C@@]2(N=[N+]=[N-])O[C@@H](n3ccc(N)nc3=O)[C@H](O)[C@@H]2O)Oc2ccccc2)CCCC1. The Bertz CT molecular complexity index is 1400. The van der Waals surface area contributed by atoms with Crippen LogP contribution < -0.4 is 21.0 Å². The van der Waals surface area contributed by atoms with E-state index >= 15 is 0 Å². The minimum absolute atomic E-state index is 0.0918. The molecule has 4 rings (SSSR count). The van der Waals surface area contributed by atoms with E-state index in [-0.39, 0.29) is 24.4 Å². The number of ether oxygens (including phenoxy) is 2. The maximum Gasteiger partial charge on any atom is 0.459 e. The molecule has 0 bridgehead atoms. The van der Waals surface area contributed by atoms with Crippen LogP contribution in [0, 0.1) is 0 Å². The number of nitrogens with one attached hydrogen (secondary N) is 1. The van der Waals surface area contributed by atoms with E-state index in [2.05, 4.69) is 20.1 Å². The quantitative estimate of drug-likeness (QED) is 0.0964. The molecule has 5 N–H and O–H groups in total. The van der Waals surface area contributed by atoms with E-state index in [4.69, 9.17) is 24.3 Å². The number of anilines is 1. The van der Waals surface area contributed by atoms with E-state index in [0.29, 0.717) is 12.8 Å². The van der Waals surface area contributed by atoms with Crippen LogP contribution in [0.1, 0.15) is 45.8 Å². The molecule has 1 saturated heterocycles. The molecule has 2 aliphatic rings. The van der Waals surface area contributed by atoms with Crippen LogP contribution in [0.15, 0.2) is 52.5 Å². The van der Waals surface area contributed by atoms with Gasteiger partial charge in [-0.25, -0.2) is 9.36 Å². The van der Waals surface area contributed by atoms with Gasteiger partial charge in [0.1, 0.15) is 29.3 Å². The monoisotopic (exact) mass is 593 g/mol. The van der Waals surface area contributed by atoms with Gasteiger partial charge in [0.05, 0.1) is 12.7 Å². The molecule has 16 nitrogen and oxygen atoms in total. The number of carbonyl (C=O) groups excluding carboxylic acids is 1. The van der Waals surface area contributed by atoms with Crippen molar-refractivity contribution >= 4 is 19.5 Å². The Hall–Kier alpha value is -3.49. The molecule has 1 aliphatic carbocycles. The normalized spacial score (nSPS) is 26.7. The number of aliphatic hydroxyl groups excluding tert-OH is 2. The van der Waals surface area contributed by atoms with Gasteiger partial charge in [-0.1, -0.05) is 36.2 Å². The van der Waals surface area contributed by atoms with Crippen molar-refractivity contribution in [3.63, 3.8) is 0 Å². The topological polar surface area (TPSA) is 233 Å². The smallest absolute Gasteiger partial charge is 0.459 e. The maximum atomic E-state index is 14.3. The van der Waals surface area contributed by atoms with Crippen molar-refractivity contribution in [2.45, 2.75) is 75.3 Å². The van der Waals surface area contributed by atoms with E-state index in [0.717, 1.165) is 4.57 Å². The predicted molar refractivity (Wildman–Crippen MR) is 143 cm³/mol. The van der Waals surface area contributed by atoms with Gasteiger partial charge < -0.3 is 29.9 Å². The first-order valence-corrected chi connectivity index (χ1v) is 14.4. The molecule has 1 aromatic carbocycles. The molecule has 222 valence electrons. The molecule has 1 saturated carbocycles. The highest BCUT2D eigenvalue weighted by atomic mass is 31.2. The van der Waals surface area contributed by atoms with Crippen LogP contribution in [-0.2, 0) is 23.4 Å². The molecule has 2 fully saturated rings. The summed E-state index contributed by atoms with van der Waals surface area (Å²) in [6.07, 6.45) is -2.80. The average molecular weight is 594 g/mol. The van der Waals surface area contributed by atoms with Gasteiger partial charge in [-0.15, -0.1) is 0 Å². The predicted octanol–water partition coefficient (Wildman–Crippen LogP) is 2.14. The Labute approximate surface area is 234 Å². The molecule has 1 aromatic heterocycles. The summed E-state index contributed by atoms with van der Waals surface area (Å²) >= 11 is 0. The summed E-state index contributed by atoms with van der Waals surface area (Å²) in [6.45, 7) is 2.45. The van der Waals surface area contributed by atoms with Crippen molar-refractivity contribution in [1.82, 2.24) is 14.6 Å². The summed E-state index contributed by atoms with van der Waals surface area (Å²) in [5.74, 6) is -0.610. The number of nitrogen functional groups attached to an aromatic ring is 1. The number of aromatic nitrogens is 2. The fourth-order valence-electron chi connectivity index (χ4n) is 4.73. The number of hydrogen-bond donors (Lipinski definition) is 4. The molecule has 2 heterocycles. The van der Waals surface area contributed by atoms with Crippen molar-refractivity contribution in [3.8, 4) is 5.75 Å². The molecule has 17 heteroatoms. The van der Waals surface area contributed by atoms with Gasteiger partial charge >= 0.3 is 19.4 Å². The minimum atomic E-state index is -4.53. The molecule has 0 spiro atoms. The van der Waals surface area contributed by atoms with E-state index in [9.17, 15) is 29.9 Å². The van der Waals surface area contributed by atoms with Crippen molar-refractivity contribution in [2.75, 3.05) is 12.3 Å². The fraction of sp³-hybridized carbons (Fsp3) is 0.542. The third-order valence-electron chi connectivity index (χ3n) is 6.69. The molecular formula is C24H32N7O9P. The van der Waals surface area contributed by atoms with Crippen LogP contribution in [0.3, 0.4) is 0 Å². The number of hydrogen-bond acceptors (Lipinski definition) is 12. The third-order valence-corrected chi connectivity index (χ3v) is 8.32. The number of azide groups is 1. The number of rotatable bonds is 11. The average Bonchev–Trinajstić information content (AvgIpc) is 3.48. The van der Waals surface area contributed by atoms with Crippen molar-refractivity contribution in [2.24, 2.45) is 5.11 Å². The second-order valence-corrected chi connectivity index (χ2v) is 11.7. The number of nitrogens with zero attached hydrogens (tertiary/aromatic N) is 5. The first-order chi connectivity index (χ1) is 19.4. The summed E-state index contributed by atoms with van der Waals surface area (Å²) in [7, 11) is -4.53. The first kappa shape index (κ1) is 30.5. The van der Waals surface area contributed by atoms with Gasteiger partial charge in [0.25, 0.3) is 0 Å². The Morgan fingerprint density at radius 2 is 2.00 bits per heavy atom. The standard InChI is InChI=1S/C24H32N7O9P/c1-15(2)38-21(34)23(11-6-7-12-23)29-41(36,40-16-8-4-3-5-9-16)37-14-24(28-30-26)19(33)18(32)20(39-24)31-13-10-17(25)27-22(31)35/h3-5,8-10,13,15,18-20,32-33H,6-7,11-12,14H2,1-2H3,(H,29,36)(H2,25,27,35)/t18-,19+,20-,24-,41?/m1/s1. The molecular weight excluding hydrogens is 561 g/mol. The Balaban J connectivity index is 1.67. The number of nitrogens with two attached hydrogens (primary N) is 1. The number of carbonyl (C=O) groups is 1. The van der Waals surface area contributed by atoms with Gasteiger partial charge in [-0.3, -0.25) is 13.9 Å². The minimum Gasteiger partial charge on any atom is -0.462 e. The Morgan fingerprint density at radius 1 is 1.32 bits per heavy atom. The van der Waals surface area contributed by atoms with Crippen LogP contribution in [-0.4, -0.2) is 61.9 Å². The molecule has 1 aliphatic heterocycles. The zero-order valence-corrected chi connectivity index (χ0v) is 23.3. The molecule has 2 aromatic rings. The second kappa shape index (κ2) is 12.2. The fourth-order valence-corrected chi connectivity index (χ4v) is 6.48. The lowest BCUT2D eigenvalue weighted by atomic mass is 10.00. The largest absolute Gasteiger partial charge is 0.462 e. The summed E-state index contributed by atoms with van der Waals surface area (Å²) in [5.41, 5.74) is 10.1. The number of benzene rings is 1. The van der Waals surface area contributed by atoms with Crippen LogP contribution in [0.5, 0.6) is 5.75 Å². The van der Waals surface area contributed by atoms with Gasteiger partial charge in [0, 0.05) is 11.1 Å². The van der Waals surface area contributed by atoms with Gasteiger partial charge in [0.15, 0.2) is 6.23 Å². The van der Waals surface area contributed by atoms with Crippen molar-refractivity contribution < 1.29 is 38.1 Å². The van der Waals surface area contributed by atoms with E-state index < -0.39 is 61.8 Å². The lowest BCUT2D eigenvalue weighted by Gasteiger charge is -2.34. The number of esters is 1. The first-order valence-electron chi connectivity index (χ1n) is 12.9. The summed E-state index contributed by atoms with van der Waals surface area (Å²) < 4.78 is 37.7. The number of para-hydroxylation sites is 1. The zero-order valence-electron chi connectivity index (χ0n) is 22.4. The molecule has 0 amide bonds. The second-order valence-electron chi connectivity index (χ2n) is 10.1. The molecule has 1 unspecified atom stereocenters. The highest BCUT2D eigenvalue weighted by Gasteiger charge is 2.57. The van der Waals surface area contributed by atoms with Crippen LogP contribution in [0.25, 0.3) is 10.4 Å². The highest BCUT2D eigenvalue weighted by Crippen LogP contribution is 2.51. The highest BCUT2D eigenvalue weighted by molar-refractivity contribution is 7.52. The zero-order chi connectivity index (χ0) is 29.8. The van der Waals surface area contributed by atoms with Gasteiger partial charge in [0.2, 0.25) is 5.72 Å². The van der Waals surface area contributed by atoms with Crippen molar-refractivity contribution in [1.29, 1.82) is 0 Å². The Morgan fingerprint density at radius 3 is 2.61 bits per heavy atom.